The van der Waals surface area contributed by atoms with E-state index in [-0.39, 0.29) is 17.0 Å². The summed E-state index contributed by atoms with van der Waals surface area (Å²) in [7, 11) is 0. The topological polar surface area (TPSA) is 63.2 Å². The highest BCUT2D eigenvalue weighted by atomic mass is 32.1. The maximum absolute atomic E-state index is 12.5. The van der Waals surface area contributed by atoms with E-state index in [0.717, 1.165) is 25.5 Å². The first kappa shape index (κ1) is 17.3. The van der Waals surface area contributed by atoms with Crippen LogP contribution in [0.2, 0.25) is 0 Å². The second-order valence-electron chi connectivity index (χ2n) is 6.47. The van der Waals surface area contributed by atoms with Crippen LogP contribution in [0.25, 0.3) is 0 Å². The van der Waals surface area contributed by atoms with Gasteiger partial charge in [0.05, 0.1) is 6.20 Å². The van der Waals surface area contributed by atoms with Gasteiger partial charge in [0, 0.05) is 23.7 Å². The van der Waals surface area contributed by atoms with Gasteiger partial charge in [-0.05, 0) is 43.5 Å². The van der Waals surface area contributed by atoms with Crippen molar-refractivity contribution < 1.29 is 22.7 Å². The summed E-state index contributed by atoms with van der Waals surface area (Å²) in [4.78, 5) is 15.7. The van der Waals surface area contributed by atoms with Crippen molar-refractivity contribution in [3.8, 4) is 10.8 Å². The average Bonchev–Trinajstić information content (AvgIpc) is 3.31. The Hall–Kier alpha value is -2.13. The van der Waals surface area contributed by atoms with Crippen LogP contribution in [0.15, 0.2) is 30.5 Å². The van der Waals surface area contributed by atoms with Crippen LogP contribution in [-0.4, -0.2) is 29.0 Å². The van der Waals surface area contributed by atoms with Gasteiger partial charge in [-0.15, -0.1) is 0 Å². The van der Waals surface area contributed by atoms with E-state index in [9.17, 15) is 18.0 Å². The largest absolute Gasteiger partial charge is 0.445 e. The summed E-state index contributed by atoms with van der Waals surface area (Å²) >= 11 is 0.429. The first-order valence-electron chi connectivity index (χ1n) is 8.26. The van der Waals surface area contributed by atoms with Crippen LogP contribution >= 0.6 is 11.3 Å². The minimum absolute atomic E-state index is 0.0441. The first-order valence-corrected chi connectivity index (χ1v) is 9.08. The van der Waals surface area contributed by atoms with E-state index in [2.05, 4.69) is 15.6 Å². The lowest BCUT2D eigenvalue weighted by atomic mass is 9.95. The highest BCUT2D eigenvalue weighted by Gasteiger charge is 2.39. The van der Waals surface area contributed by atoms with Crippen molar-refractivity contribution in [1.82, 2.24) is 15.6 Å². The summed E-state index contributed by atoms with van der Waals surface area (Å²) in [6, 6.07) is 7.30. The van der Waals surface area contributed by atoms with Crippen LogP contribution in [0, 0.1) is 0 Å². The van der Waals surface area contributed by atoms with Gasteiger partial charge in [-0.1, -0.05) is 11.3 Å². The standard InChI is InChI=1S/C17H16F3N3O2S/c18-17(19,20)16-21-8-14(26-16)25-11-4-1-9(2-5-11)15(24)23-13-7-10-3-6-12(13)22-10/h1-2,4-5,8,10,12-13,22H,3,6-7H2,(H,23,24)/t10-,12+,13-/m1/s1. The van der Waals surface area contributed by atoms with Crippen molar-refractivity contribution >= 4 is 17.2 Å². The predicted molar refractivity (Wildman–Crippen MR) is 89.4 cm³/mol. The molecule has 2 aliphatic heterocycles. The third-order valence-electron chi connectivity index (χ3n) is 4.68. The lowest BCUT2D eigenvalue weighted by molar-refractivity contribution is -0.137. The van der Waals surface area contributed by atoms with Gasteiger partial charge in [-0.3, -0.25) is 4.79 Å². The highest BCUT2D eigenvalue weighted by Crippen LogP contribution is 2.37. The Morgan fingerprint density at radius 2 is 2.04 bits per heavy atom. The number of carbonyl (C=O) groups excluding carboxylic acids is 1. The second kappa shape index (κ2) is 6.55. The number of aromatic nitrogens is 1. The molecule has 4 rings (SSSR count). The van der Waals surface area contributed by atoms with Crippen LogP contribution in [0.3, 0.4) is 0 Å². The van der Waals surface area contributed by atoms with Crippen molar-refractivity contribution in [3.05, 3.63) is 41.0 Å². The van der Waals surface area contributed by atoms with E-state index in [1.54, 1.807) is 24.3 Å². The van der Waals surface area contributed by atoms with Gasteiger partial charge < -0.3 is 15.4 Å². The number of carbonyl (C=O) groups is 1. The normalized spacial score (nSPS) is 24.7. The van der Waals surface area contributed by atoms with Crippen LogP contribution in [0.4, 0.5) is 13.2 Å². The Balaban J connectivity index is 1.37. The molecule has 3 heterocycles. The van der Waals surface area contributed by atoms with Crippen molar-refractivity contribution in [2.75, 3.05) is 0 Å². The SMILES string of the molecule is O=C(N[C@@H]1C[C@H]2CC[C@@H]1N2)c1ccc(Oc2cnc(C(F)(F)F)s2)cc1. The molecule has 2 saturated heterocycles. The molecule has 5 nitrogen and oxygen atoms in total. The number of hydrogen-bond donors (Lipinski definition) is 2. The monoisotopic (exact) mass is 383 g/mol. The lowest BCUT2D eigenvalue weighted by Crippen LogP contribution is -2.42. The Kier molecular flexibility index (Phi) is 4.36. The second-order valence-corrected chi connectivity index (χ2v) is 7.46. The molecule has 0 unspecified atom stereocenters. The third kappa shape index (κ3) is 3.54. The summed E-state index contributed by atoms with van der Waals surface area (Å²) in [6.07, 6.45) is -0.253. The molecule has 26 heavy (non-hydrogen) atoms. The molecule has 3 atom stereocenters. The molecular weight excluding hydrogens is 367 g/mol. The number of amides is 1. The molecule has 1 amide bonds. The van der Waals surface area contributed by atoms with Gasteiger partial charge in [-0.25, -0.2) is 4.98 Å². The smallest absolute Gasteiger partial charge is 0.443 e. The molecule has 1 aromatic heterocycles. The number of nitrogens with zero attached hydrogens (tertiary/aromatic N) is 1. The van der Waals surface area contributed by atoms with Crippen molar-refractivity contribution in [3.63, 3.8) is 0 Å². The Labute approximate surface area is 151 Å². The lowest BCUT2D eigenvalue weighted by Gasteiger charge is -2.21. The molecule has 2 N–H and O–H groups in total. The zero-order valence-corrected chi connectivity index (χ0v) is 14.4. The Morgan fingerprint density at radius 1 is 1.27 bits per heavy atom. The minimum atomic E-state index is -4.48. The molecule has 2 aliphatic rings. The van der Waals surface area contributed by atoms with Crippen LogP contribution in [-0.2, 0) is 6.18 Å². The molecule has 9 heteroatoms. The number of rotatable bonds is 4. The molecule has 0 saturated carbocycles. The fraction of sp³-hybridized carbons (Fsp3) is 0.412. The number of ether oxygens (including phenoxy) is 1. The number of fused-ring (bicyclic) bond motifs is 2. The number of benzene rings is 1. The van der Waals surface area contributed by atoms with E-state index in [0.29, 0.717) is 34.7 Å². The predicted octanol–water partition coefficient (Wildman–Crippen LogP) is 3.58. The van der Waals surface area contributed by atoms with Gasteiger partial charge in [0.2, 0.25) is 10.1 Å². The van der Waals surface area contributed by atoms with E-state index in [1.807, 2.05) is 0 Å². The van der Waals surface area contributed by atoms with E-state index >= 15 is 0 Å². The van der Waals surface area contributed by atoms with E-state index < -0.39 is 11.2 Å². The fourth-order valence-electron chi connectivity index (χ4n) is 3.46. The maximum Gasteiger partial charge on any atom is 0.443 e. The molecule has 0 aliphatic carbocycles. The maximum atomic E-state index is 12.5. The van der Waals surface area contributed by atoms with Crippen LogP contribution in [0.1, 0.15) is 34.6 Å². The number of alkyl halides is 3. The summed E-state index contributed by atoms with van der Waals surface area (Å²) in [5, 5.41) is 5.59. The average molecular weight is 383 g/mol. The fourth-order valence-corrected chi connectivity index (χ4v) is 4.12. The summed E-state index contributed by atoms with van der Waals surface area (Å²) in [6.45, 7) is 0. The quantitative estimate of drug-likeness (QED) is 0.847. The van der Waals surface area contributed by atoms with Gasteiger partial charge >= 0.3 is 6.18 Å². The van der Waals surface area contributed by atoms with Crippen LogP contribution < -0.4 is 15.4 Å². The molecule has 0 radical (unpaired) electrons. The van der Waals surface area contributed by atoms with Gasteiger partial charge in [0.15, 0.2) is 0 Å². The molecule has 2 aromatic rings. The zero-order chi connectivity index (χ0) is 18.3. The van der Waals surface area contributed by atoms with E-state index in [1.165, 1.54) is 0 Å². The highest BCUT2D eigenvalue weighted by molar-refractivity contribution is 7.13. The van der Waals surface area contributed by atoms with Crippen molar-refractivity contribution in [2.24, 2.45) is 0 Å². The molecule has 1 aromatic carbocycles. The molecular formula is C17H16F3N3O2S. The van der Waals surface area contributed by atoms with Gasteiger partial charge in [-0.2, -0.15) is 13.2 Å². The van der Waals surface area contributed by atoms with Gasteiger partial charge in [0.1, 0.15) is 5.75 Å². The molecule has 0 spiro atoms. The summed E-state index contributed by atoms with van der Waals surface area (Å²) in [5.41, 5.74) is 0.486. The van der Waals surface area contributed by atoms with Crippen molar-refractivity contribution in [2.45, 2.75) is 43.6 Å². The molecule has 2 bridgehead atoms. The molecule has 2 fully saturated rings. The van der Waals surface area contributed by atoms with Gasteiger partial charge in [0.25, 0.3) is 5.91 Å². The summed E-state index contributed by atoms with van der Waals surface area (Å²) in [5.74, 6) is 0.188. The first-order chi connectivity index (χ1) is 12.4. The summed E-state index contributed by atoms with van der Waals surface area (Å²) < 4.78 is 43.0. The minimum Gasteiger partial charge on any atom is -0.445 e. The Bertz CT molecular complexity index is 806. The van der Waals surface area contributed by atoms with Crippen LogP contribution in [0.5, 0.6) is 10.8 Å². The molecule has 138 valence electrons. The number of halogens is 3. The number of nitrogens with one attached hydrogen (secondary N) is 2. The van der Waals surface area contributed by atoms with Crippen molar-refractivity contribution in [1.29, 1.82) is 0 Å². The number of thiazole rings is 1. The van der Waals surface area contributed by atoms with E-state index in [4.69, 9.17) is 4.74 Å². The Morgan fingerprint density at radius 3 is 2.62 bits per heavy atom. The number of hydrogen-bond acceptors (Lipinski definition) is 5. The zero-order valence-electron chi connectivity index (χ0n) is 13.5. The third-order valence-corrected chi connectivity index (χ3v) is 5.60.